The van der Waals surface area contributed by atoms with E-state index in [4.69, 9.17) is 9.47 Å². The molecule has 0 aliphatic carbocycles. The fourth-order valence-electron chi connectivity index (χ4n) is 3.87. The van der Waals surface area contributed by atoms with Crippen LogP contribution in [-0.2, 0) is 16.0 Å². The Kier molecular flexibility index (Phi) is 12.2. The number of carbonyl (C=O) groups excluding carboxylic acids is 3. The van der Waals surface area contributed by atoms with E-state index in [0.29, 0.717) is 57.8 Å². The molecule has 2 heterocycles. The second-order valence-electron chi connectivity index (χ2n) is 9.38. The van der Waals surface area contributed by atoms with E-state index in [1.165, 1.54) is 11.3 Å². The van der Waals surface area contributed by atoms with E-state index in [2.05, 4.69) is 37.1 Å². The number of hydrazone groups is 1. The highest BCUT2D eigenvalue weighted by molar-refractivity contribution is 9.10. The minimum absolute atomic E-state index is 0.0975. The number of rotatable bonds is 14. The number of amides is 3. The second-order valence-corrected chi connectivity index (χ2v) is 12.3. The summed E-state index contributed by atoms with van der Waals surface area (Å²) in [5, 5.41) is 22.3. The number of carbonyl (C=O) groups is 3. The van der Waals surface area contributed by atoms with E-state index in [1.807, 2.05) is 24.3 Å². The van der Waals surface area contributed by atoms with Gasteiger partial charge in [-0.3, -0.25) is 14.4 Å². The lowest BCUT2D eigenvalue weighted by Gasteiger charge is -2.08. The lowest BCUT2D eigenvalue weighted by molar-refractivity contribution is 0.0692. The van der Waals surface area contributed by atoms with Crippen molar-refractivity contribution in [2.24, 2.45) is 5.10 Å². The molecule has 0 saturated heterocycles. The van der Waals surface area contributed by atoms with Gasteiger partial charge in [0, 0.05) is 35.6 Å². The predicted octanol–water partition coefficient (Wildman–Crippen LogP) is 5.42. The summed E-state index contributed by atoms with van der Waals surface area (Å²) in [4.78, 5) is 39.1. The van der Waals surface area contributed by atoms with E-state index in [0.717, 1.165) is 26.9 Å². The van der Waals surface area contributed by atoms with E-state index < -0.39 is 5.91 Å². The number of halogens is 1. The molecular formula is C31H31BrN4O6S2. The lowest BCUT2D eigenvalue weighted by atomic mass is 10.1. The highest BCUT2D eigenvalue weighted by atomic mass is 79.9. The minimum Gasteiger partial charge on any atom is -0.506 e. The number of methoxy groups -OCH3 is 1. The molecule has 2 aromatic carbocycles. The van der Waals surface area contributed by atoms with Crippen LogP contribution in [-0.4, -0.2) is 62.0 Å². The monoisotopic (exact) mass is 698 g/mol. The van der Waals surface area contributed by atoms with Gasteiger partial charge < -0.3 is 25.2 Å². The average molecular weight is 700 g/mol. The third-order valence-corrected chi connectivity index (χ3v) is 8.90. The maximum Gasteiger partial charge on any atom is 0.281 e. The van der Waals surface area contributed by atoms with Crippen LogP contribution in [0.25, 0.3) is 10.4 Å². The van der Waals surface area contributed by atoms with E-state index in [1.54, 1.807) is 55.8 Å². The summed E-state index contributed by atoms with van der Waals surface area (Å²) in [6, 6.07) is 17.7. The van der Waals surface area contributed by atoms with Gasteiger partial charge in [0.05, 0.1) is 45.7 Å². The SMILES string of the molecule is COCCOCCNC(=O)c1ccc(CNC(=O)c2ccc(C(=O)N/N=C(\C)c3csc(-c4ccc(Br)cc4)c3O)s2)cc1. The number of hydrogen-bond donors (Lipinski definition) is 4. The summed E-state index contributed by atoms with van der Waals surface area (Å²) in [5.41, 5.74) is 5.66. The summed E-state index contributed by atoms with van der Waals surface area (Å²) in [5.74, 6) is -0.905. The summed E-state index contributed by atoms with van der Waals surface area (Å²) < 4.78 is 11.2. The Hall–Kier alpha value is -3.88. The van der Waals surface area contributed by atoms with Crippen molar-refractivity contribution in [2.45, 2.75) is 13.5 Å². The Bertz CT molecular complexity index is 1620. The van der Waals surface area contributed by atoms with Gasteiger partial charge in [0.1, 0.15) is 5.75 Å². The largest absolute Gasteiger partial charge is 0.506 e. The smallest absolute Gasteiger partial charge is 0.281 e. The van der Waals surface area contributed by atoms with Gasteiger partial charge in [-0.05, 0) is 54.4 Å². The zero-order chi connectivity index (χ0) is 31.5. The zero-order valence-electron chi connectivity index (χ0n) is 24.0. The lowest BCUT2D eigenvalue weighted by Crippen LogP contribution is -2.27. The van der Waals surface area contributed by atoms with Crippen LogP contribution in [0.3, 0.4) is 0 Å². The van der Waals surface area contributed by atoms with Crippen LogP contribution in [0.15, 0.2) is 75.6 Å². The first-order valence-corrected chi connectivity index (χ1v) is 16.0. The van der Waals surface area contributed by atoms with Crippen LogP contribution in [0.2, 0.25) is 0 Å². The van der Waals surface area contributed by atoms with Crippen molar-refractivity contribution in [1.82, 2.24) is 16.1 Å². The molecule has 13 heteroatoms. The van der Waals surface area contributed by atoms with Gasteiger partial charge >= 0.3 is 0 Å². The van der Waals surface area contributed by atoms with Crippen molar-refractivity contribution >= 4 is 62.0 Å². The van der Waals surface area contributed by atoms with Crippen LogP contribution in [0.1, 0.15) is 47.8 Å². The maximum atomic E-state index is 12.7. The Labute approximate surface area is 271 Å². The van der Waals surface area contributed by atoms with Gasteiger partial charge in [-0.1, -0.05) is 40.2 Å². The molecule has 4 rings (SSSR count). The fourth-order valence-corrected chi connectivity index (χ4v) is 5.96. The molecule has 0 spiro atoms. The third kappa shape index (κ3) is 9.07. The van der Waals surface area contributed by atoms with Crippen molar-refractivity contribution in [2.75, 3.05) is 33.5 Å². The van der Waals surface area contributed by atoms with Crippen LogP contribution >= 0.6 is 38.6 Å². The number of hydrogen-bond acceptors (Lipinski definition) is 9. The van der Waals surface area contributed by atoms with Gasteiger partial charge in [0.2, 0.25) is 0 Å². The zero-order valence-corrected chi connectivity index (χ0v) is 27.2. The molecule has 0 aliphatic rings. The number of aromatic hydroxyl groups is 1. The topological polar surface area (TPSA) is 138 Å². The normalized spacial score (nSPS) is 11.3. The molecule has 0 unspecified atom stereocenters. The standard InChI is InChI=1S/C31H31BrN4O6S2/c1-19(24-18-43-28(27(24)37)21-7-9-23(32)10-8-21)35-36-31(40)26-12-11-25(44-26)30(39)34-17-20-3-5-22(6-4-20)29(38)33-13-14-42-16-15-41-2/h3-12,18,37H,13-17H2,1-2H3,(H,33,38)(H,34,39)(H,36,40)/b35-19+. The third-order valence-electron chi connectivity index (χ3n) is 6.27. The Morgan fingerprint density at radius 1 is 0.886 bits per heavy atom. The predicted molar refractivity (Wildman–Crippen MR) is 176 cm³/mol. The first-order chi connectivity index (χ1) is 21.3. The van der Waals surface area contributed by atoms with Gasteiger partial charge in [-0.15, -0.1) is 22.7 Å². The summed E-state index contributed by atoms with van der Waals surface area (Å²) in [6.45, 7) is 3.71. The van der Waals surface area contributed by atoms with Crippen LogP contribution in [0.4, 0.5) is 0 Å². The average Bonchev–Trinajstić information content (AvgIpc) is 3.68. The number of thiophene rings is 2. The molecule has 0 radical (unpaired) electrons. The van der Waals surface area contributed by atoms with Crippen molar-refractivity contribution in [3.63, 3.8) is 0 Å². The molecule has 230 valence electrons. The molecule has 4 aromatic rings. The van der Waals surface area contributed by atoms with Crippen LogP contribution in [0.5, 0.6) is 5.75 Å². The van der Waals surface area contributed by atoms with E-state index in [-0.39, 0.29) is 24.1 Å². The quantitative estimate of drug-likeness (QED) is 0.0788. The highest BCUT2D eigenvalue weighted by Gasteiger charge is 2.17. The van der Waals surface area contributed by atoms with E-state index >= 15 is 0 Å². The van der Waals surface area contributed by atoms with Crippen LogP contribution in [0, 0.1) is 0 Å². The van der Waals surface area contributed by atoms with Crippen LogP contribution < -0.4 is 16.1 Å². The molecule has 0 bridgehead atoms. The van der Waals surface area contributed by atoms with Gasteiger partial charge in [0.25, 0.3) is 17.7 Å². The molecule has 0 atom stereocenters. The first-order valence-electron chi connectivity index (χ1n) is 13.5. The Balaban J connectivity index is 1.25. The fraction of sp³-hybridized carbons (Fsp3) is 0.226. The molecule has 44 heavy (non-hydrogen) atoms. The van der Waals surface area contributed by atoms with Gasteiger partial charge in [-0.25, -0.2) is 5.43 Å². The maximum absolute atomic E-state index is 12.7. The molecule has 3 amide bonds. The molecule has 4 N–H and O–H groups in total. The molecule has 0 aliphatic heterocycles. The molecule has 2 aromatic heterocycles. The summed E-state index contributed by atoms with van der Waals surface area (Å²) in [7, 11) is 1.60. The minimum atomic E-state index is -0.466. The van der Waals surface area contributed by atoms with Crippen molar-refractivity contribution in [3.05, 3.63) is 97.0 Å². The first kappa shape index (κ1) is 33.0. The summed E-state index contributed by atoms with van der Waals surface area (Å²) >= 11 is 5.83. The second kappa shape index (κ2) is 16.3. The number of nitrogens with one attached hydrogen (secondary N) is 3. The molecule has 0 fully saturated rings. The molecule has 0 saturated carbocycles. The molecular weight excluding hydrogens is 668 g/mol. The highest BCUT2D eigenvalue weighted by Crippen LogP contribution is 2.39. The van der Waals surface area contributed by atoms with Gasteiger partial charge in [0.15, 0.2) is 0 Å². The number of benzene rings is 2. The van der Waals surface area contributed by atoms with Crippen molar-refractivity contribution in [1.29, 1.82) is 0 Å². The Morgan fingerprint density at radius 3 is 2.30 bits per heavy atom. The summed E-state index contributed by atoms with van der Waals surface area (Å²) in [6.07, 6.45) is 0. The Morgan fingerprint density at radius 2 is 1.59 bits per heavy atom. The van der Waals surface area contributed by atoms with Crippen molar-refractivity contribution in [3.8, 4) is 16.2 Å². The van der Waals surface area contributed by atoms with E-state index in [9.17, 15) is 19.5 Å². The van der Waals surface area contributed by atoms with Gasteiger partial charge in [-0.2, -0.15) is 5.10 Å². The molecule has 10 nitrogen and oxygen atoms in total. The number of nitrogens with zero attached hydrogens (tertiary/aromatic N) is 1. The van der Waals surface area contributed by atoms with Crippen molar-refractivity contribution < 1.29 is 29.0 Å². The number of ether oxygens (including phenoxy) is 2.